The van der Waals surface area contributed by atoms with E-state index in [1.165, 1.54) is 0 Å². The molecular weight excluding hydrogens is 214 g/mol. The molecule has 1 rings (SSSR count). The Morgan fingerprint density at radius 2 is 2.27 bits per heavy atom. The molecule has 0 aliphatic rings. The van der Waals surface area contributed by atoms with Crippen molar-refractivity contribution in [1.29, 1.82) is 0 Å². The number of carbonyl (C=O) groups is 1. The molecule has 0 radical (unpaired) electrons. The van der Waals surface area contributed by atoms with Crippen molar-refractivity contribution in [1.82, 2.24) is 4.90 Å². The highest BCUT2D eigenvalue weighted by Gasteiger charge is 2.10. The van der Waals surface area contributed by atoms with Crippen molar-refractivity contribution in [3.63, 3.8) is 0 Å². The first-order valence-corrected chi connectivity index (χ1v) is 5.52. The SMILES string of the molecule is Cc1ccc(CN(C)C(=O)CCCCl)o1. The van der Waals surface area contributed by atoms with Crippen molar-refractivity contribution in [3.8, 4) is 0 Å². The van der Waals surface area contributed by atoms with Crippen LogP contribution in [0.25, 0.3) is 0 Å². The van der Waals surface area contributed by atoms with Crippen LogP contribution in [0.2, 0.25) is 0 Å². The van der Waals surface area contributed by atoms with Crippen LogP contribution >= 0.6 is 11.6 Å². The van der Waals surface area contributed by atoms with Crippen molar-refractivity contribution < 1.29 is 9.21 Å². The van der Waals surface area contributed by atoms with E-state index >= 15 is 0 Å². The van der Waals surface area contributed by atoms with Crippen LogP contribution < -0.4 is 0 Å². The lowest BCUT2D eigenvalue weighted by Gasteiger charge is -2.15. The molecule has 0 atom stereocenters. The van der Waals surface area contributed by atoms with Crippen molar-refractivity contribution in [2.75, 3.05) is 12.9 Å². The average Bonchev–Trinajstić information content (AvgIpc) is 2.60. The minimum atomic E-state index is 0.102. The number of aryl methyl sites for hydroxylation is 1. The molecule has 3 nitrogen and oxygen atoms in total. The third kappa shape index (κ3) is 3.96. The van der Waals surface area contributed by atoms with Crippen molar-refractivity contribution in [3.05, 3.63) is 23.7 Å². The Morgan fingerprint density at radius 1 is 1.53 bits per heavy atom. The molecule has 0 unspecified atom stereocenters. The van der Waals surface area contributed by atoms with Gasteiger partial charge in [0.05, 0.1) is 6.54 Å². The van der Waals surface area contributed by atoms with Crippen LogP contribution in [0.15, 0.2) is 16.5 Å². The zero-order valence-corrected chi connectivity index (χ0v) is 9.88. The molecule has 0 fully saturated rings. The summed E-state index contributed by atoms with van der Waals surface area (Å²) >= 11 is 5.52. The van der Waals surface area contributed by atoms with Crippen LogP contribution in [0, 0.1) is 6.92 Å². The molecule has 0 spiro atoms. The molecule has 0 saturated carbocycles. The Kier molecular flexibility index (Phi) is 4.69. The van der Waals surface area contributed by atoms with E-state index in [1.54, 1.807) is 11.9 Å². The zero-order chi connectivity index (χ0) is 11.3. The lowest BCUT2D eigenvalue weighted by molar-refractivity contribution is -0.130. The summed E-state index contributed by atoms with van der Waals surface area (Å²) < 4.78 is 5.39. The van der Waals surface area contributed by atoms with Gasteiger partial charge in [0.2, 0.25) is 5.91 Å². The number of alkyl halides is 1. The molecule has 84 valence electrons. The second kappa shape index (κ2) is 5.81. The number of halogens is 1. The highest BCUT2D eigenvalue weighted by molar-refractivity contribution is 6.17. The number of nitrogens with zero attached hydrogens (tertiary/aromatic N) is 1. The van der Waals surface area contributed by atoms with Gasteiger partial charge >= 0.3 is 0 Å². The summed E-state index contributed by atoms with van der Waals surface area (Å²) in [7, 11) is 1.77. The monoisotopic (exact) mass is 229 g/mol. The summed E-state index contributed by atoms with van der Waals surface area (Å²) in [4.78, 5) is 13.2. The Bertz CT molecular complexity index is 322. The largest absolute Gasteiger partial charge is 0.464 e. The van der Waals surface area contributed by atoms with Crippen molar-refractivity contribution >= 4 is 17.5 Å². The van der Waals surface area contributed by atoms with Gasteiger partial charge in [-0.15, -0.1) is 11.6 Å². The first kappa shape index (κ1) is 12.1. The number of furan rings is 1. The minimum absolute atomic E-state index is 0.102. The molecule has 0 saturated heterocycles. The van der Waals surface area contributed by atoms with Crippen LogP contribution in [0.3, 0.4) is 0 Å². The number of rotatable bonds is 5. The van der Waals surface area contributed by atoms with E-state index in [9.17, 15) is 4.79 Å². The van der Waals surface area contributed by atoms with E-state index < -0.39 is 0 Å². The second-order valence-electron chi connectivity index (χ2n) is 3.55. The number of hydrogen-bond acceptors (Lipinski definition) is 2. The summed E-state index contributed by atoms with van der Waals surface area (Å²) in [5.74, 6) is 2.31. The van der Waals surface area contributed by atoms with E-state index in [2.05, 4.69) is 0 Å². The minimum Gasteiger partial charge on any atom is -0.464 e. The van der Waals surface area contributed by atoms with E-state index in [4.69, 9.17) is 16.0 Å². The first-order valence-electron chi connectivity index (χ1n) is 4.98. The normalized spacial score (nSPS) is 10.3. The van der Waals surface area contributed by atoms with Crippen LogP contribution in [-0.4, -0.2) is 23.7 Å². The third-order valence-corrected chi connectivity index (χ3v) is 2.41. The van der Waals surface area contributed by atoms with Gasteiger partial charge in [0.15, 0.2) is 0 Å². The highest BCUT2D eigenvalue weighted by Crippen LogP contribution is 2.09. The third-order valence-electron chi connectivity index (χ3n) is 2.14. The fourth-order valence-electron chi connectivity index (χ4n) is 1.30. The van der Waals surface area contributed by atoms with Gasteiger partial charge in [-0.3, -0.25) is 4.79 Å². The molecule has 0 aliphatic carbocycles. The smallest absolute Gasteiger partial charge is 0.222 e. The zero-order valence-electron chi connectivity index (χ0n) is 9.12. The molecule has 0 aliphatic heterocycles. The summed E-state index contributed by atoms with van der Waals surface area (Å²) in [6, 6.07) is 3.78. The molecule has 4 heteroatoms. The maximum atomic E-state index is 11.5. The molecule has 15 heavy (non-hydrogen) atoms. The number of amides is 1. The van der Waals surface area contributed by atoms with Crippen LogP contribution in [-0.2, 0) is 11.3 Å². The van der Waals surface area contributed by atoms with E-state index in [-0.39, 0.29) is 5.91 Å². The van der Waals surface area contributed by atoms with E-state index in [0.29, 0.717) is 18.8 Å². The van der Waals surface area contributed by atoms with Gasteiger partial charge in [-0.2, -0.15) is 0 Å². The predicted molar refractivity (Wildman–Crippen MR) is 59.9 cm³/mol. The molecule has 0 N–H and O–H groups in total. The topological polar surface area (TPSA) is 33.5 Å². The van der Waals surface area contributed by atoms with Gasteiger partial charge in [-0.1, -0.05) is 0 Å². The Balaban J connectivity index is 2.41. The average molecular weight is 230 g/mol. The fourth-order valence-corrected chi connectivity index (χ4v) is 1.43. The van der Waals surface area contributed by atoms with Gasteiger partial charge in [0.1, 0.15) is 11.5 Å². The van der Waals surface area contributed by atoms with E-state index in [1.807, 2.05) is 19.1 Å². The van der Waals surface area contributed by atoms with Gasteiger partial charge in [-0.05, 0) is 25.5 Å². The maximum Gasteiger partial charge on any atom is 0.222 e. The highest BCUT2D eigenvalue weighted by atomic mass is 35.5. The molecule has 1 aromatic rings. The lowest BCUT2D eigenvalue weighted by Crippen LogP contribution is -2.25. The van der Waals surface area contributed by atoms with Crippen LogP contribution in [0.1, 0.15) is 24.4 Å². The van der Waals surface area contributed by atoms with Crippen molar-refractivity contribution in [2.24, 2.45) is 0 Å². The second-order valence-corrected chi connectivity index (χ2v) is 3.93. The molecule has 1 heterocycles. The molecular formula is C11H16ClNO2. The van der Waals surface area contributed by atoms with Gasteiger partial charge in [-0.25, -0.2) is 0 Å². The standard InChI is InChI=1S/C11H16ClNO2/c1-9-5-6-10(15-9)8-13(2)11(14)4-3-7-12/h5-6H,3-4,7-8H2,1-2H3. The molecule has 1 aromatic heterocycles. The lowest BCUT2D eigenvalue weighted by atomic mass is 10.3. The van der Waals surface area contributed by atoms with Gasteiger partial charge in [0, 0.05) is 19.3 Å². The van der Waals surface area contributed by atoms with Crippen LogP contribution in [0.4, 0.5) is 0 Å². The summed E-state index contributed by atoms with van der Waals surface area (Å²) in [5, 5.41) is 0. The van der Waals surface area contributed by atoms with Gasteiger partial charge < -0.3 is 9.32 Å². The molecule has 0 aromatic carbocycles. The summed E-state index contributed by atoms with van der Waals surface area (Å²) in [5.41, 5.74) is 0. The molecule has 0 bridgehead atoms. The summed E-state index contributed by atoms with van der Waals surface area (Å²) in [6.07, 6.45) is 1.22. The molecule has 1 amide bonds. The van der Waals surface area contributed by atoms with Crippen molar-refractivity contribution in [2.45, 2.75) is 26.3 Å². The van der Waals surface area contributed by atoms with Crippen LogP contribution in [0.5, 0.6) is 0 Å². The fraction of sp³-hybridized carbons (Fsp3) is 0.545. The van der Waals surface area contributed by atoms with E-state index in [0.717, 1.165) is 17.9 Å². The van der Waals surface area contributed by atoms with Gasteiger partial charge in [0.25, 0.3) is 0 Å². The maximum absolute atomic E-state index is 11.5. The Labute approximate surface area is 95.0 Å². The first-order chi connectivity index (χ1) is 7.13. The number of carbonyl (C=O) groups excluding carboxylic acids is 1. The Morgan fingerprint density at radius 3 is 2.80 bits per heavy atom. The quantitative estimate of drug-likeness (QED) is 0.728. The number of hydrogen-bond donors (Lipinski definition) is 0. The summed E-state index contributed by atoms with van der Waals surface area (Å²) in [6.45, 7) is 2.41. The predicted octanol–water partition coefficient (Wildman–Crippen LogP) is 2.57. The Hall–Kier alpha value is -0.960.